The molecule has 0 aromatic carbocycles. The van der Waals surface area contributed by atoms with Gasteiger partial charge in [0.25, 0.3) is 0 Å². The minimum absolute atomic E-state index is 0.0196. The molecule has 3 aliphatic rings. The standard InChI is InChI=1S/C16H29N3O5S/c1-12-7-19(8-13(2)24-12)16(21)9-18-4-3-17(5-6-20)14-10-25(22,23)11-15(14)18/h12-15,20H,3-11H2,1-2H3/t12-,13+,14-,15+/m0/s1. The van der Waals surface area contributed by atoms with Gasteiger partial charge < -0.3 is 14.7 Å². The summed E-state index contributed by atoms with van der Waals surface area (Å²) in [7, 11) is -3.10. The van der Waals surface area contributed by atoms with Gasteiger partial charge in [-0.15, -0.1) is 0 Å². The number of sulfone groups is 1. The number of aliphatic hydroxyl groups excluding tert-OH is 1. The van der Waals surface area contributed by atoms with Crippen LogP contribution in [0.1, 0.15) is 13.8 Å². The molecule has 3 aliphatic heterocycles. The Balaban J connectivity index is 1.67. The van der Waals surface area contributed by atoms with E-state index in [-0.39, 0.29) is 54.9 Å². The number of hydrogen-bond acceptors (Lipinski definition) is 7. The fourth-order valence-corrected chi connectivity index (χ4v) is 6.40. The lowest BCUT2D eigenvalue weighted by Gasteiger charge is -2.44. The van der Waals surface area contributed by atoms with E-state index in [1.807, 2.05) is 23.6 Å². The smallest absolute Gasteiger partial charge is 0.236 e. The van der Waals surface area contributed by atoms with Crippen LogP contribution in [0.2, 0.25) is 0 Å². The number of amides is 1. The Labute approximate surface area is 149 Å². The van der Waals surface area contributed by atoms with Crippen LogP contribution in [0.25, 0.3) is 0 Å². The maximum atomic E-state index is 12.7. The van der Waals surface area contributed by atoms with Crippen LogP contribution in [-0.4, -0.2) is 116 Å². The average Bonchev–Trinajstić information content (AvgIpc) is 2.84. The fraction of sp³-hybridized carbons (Fsp3) is 0.938. The third-order valence-corrected chi connectivity index (χ3v) is 7.10. The molecule has 3 rings (SSSR count). The predicted octanol–water partition coefficient (Wildman–Crippen LogP) is -1.60. The summed E-state index contributed by atoms with van der Waals surface area (Å²) in [5.74, 6) is 0.261. The number of nitrogens with zero attached hydrogens (tertiary/aromatic N) is 3. The van der Waals surface area contributed by atoms with Gasteiger partial charge in [0.1, 0.15) is 0 Å². The lowest BCUT2D eigenvalue weighted by atomic mass is 10.0. The van der Waals surface area contributed by atoms with Gasteiger partial charge in [-0.1, -0.05) is 0 Å². The molecule has 0 spiro atoms. The highest BCUT2D eigenvalue weighted by Crippen LogP contribution is 2.27. The zero-order valence-corrected chi connectivity index (χ0v) is 15.8. The van der Waals surface area contributed by atoms with Crippen LogP contribution < -0.4 is 0 Å². The predicted molar refractivity (Wildman–Crippen MR) is 93.1 cm³/mol. The first-order valence-electron chi connectivity index (χ1n) is 9.01. The Bertz CT molecular complexity index is 589. The van der Waals surface area contributed by atoms with E-state index in [0.29, 0.717) is 32.7 Å². The molecule has 3 fully saturated rings. The third-order valence-electron chi connectivity index (χ3n) is 5.40. The number of piperazine rings is 1. The molecular weight excluding hydrogens is 346 g/mol. The number of fused-ring (bicyclic) bond motifs is 1. The van der Waals surface area contributed by atoms with Gasteiger partial charge in [0, 0.05) is 44.8 Å². The molecule has 4 atom stereocenters. The van der Waals surface area contributed by atoms with Gasteiger partial charge in [-0.3, -0.25) is 14.6 Å². The Morgan fingerprint density at radius 2 is 1.64 bits per heavy atom. The average molecular weight is 375 g/mol. The summed E-state index contributed by atoms with van der Waals surface area (Å²) in [5, 5.41) is 9.22. The molecule has 25 heavy (non-hydrogen) atoms. The normalized spacial score (nSPS) is 36.4. The molecule has 0 radical (unpaired) electrons. The van der Waals surface area contributed by atoms with Crippen molar-refractivity contribution in [3.8, 4) is 0 Å². The number of morpholine rings is 1. The molecule has 0 bridgehead atoms. The maximum Gasteiger partial charge on any atom is 0.236 e. The van der Waals surface area contributed by atoms with Crippen molar-refractivity contribution in [2.45, 2.75) is 38.1 Å². The van der Waals surface area contributed by atoms with E-state index in [0.717, 1.165) is 0 Å². The molecule has 9 heteroatoms. The first kappa shape index (κ1) is 19.0. The van der Waals surface area contributed by atoms with Crippen molar-refractivity contribution in [1.82, 2.24) is 14.7 Å². The Hall–Kier alpha value is -0.740. The molecule has 8 nitrogen and oxygen atoms in total. The zero-order chi connectivity index (χ0) is 18.2. The maximum absolute atomic E-state index is 12.7. The van der Waals surface area contributed by atoms with Gasteiger partial charge in [-0.05, 0) is 13.8 Å². The van der Waals surface area contributed by atoms with Gasteiger partial charge in [-0.2, -0.15) is 0 Å². The van der Waals surface area contributed by atoms with Crippen LogP contribution >= 0.6 is 0 Å². The summed E-state index contributed by atoms with van der Waals surface area (Å²) >= 11 is 0. The van der Waals surface area contributed by atoms with Crippen LogP contribution in [0.4, 0.5) is 0 Å². The highest BCUT2D eigenvalue weighted by Gasteiger charge is 2.46. The van der Waals surface area contributed by atoms with E-state index in [4.69, 9.17) is 4.74 Å². The molecule has 0 aromatic heterocycles. The molecular formula is C16H29N3O5S. The highest BCUT2D eigenvalue weighted by atomic mass is 32.2. The minimum Gasteiger partial charge on any atom is -0.395 e. The van der Waals surface area contributed by atoms with Crippen molar-refractivity contribution in [2.75, 3.05) is 57.4 Å². The van der Waals surface area contributed by atoms with Crippen LogP contribution in [0, 0.1) is 0 Å². The Morgan fingerprint density at radius 1 is 1.08 bits per heavy atom. The topological polar surface area (TPSA) is 90.4 Å². The van der Waals surface area contributed by atoms with Crippen LogP contribution in [0.3, 0.4) is 0 Å². The van der Waals surface area contributed by atoms with Crippen LogP contribution in [-0.2, 0) is 19.4 Å². The lowest BCUT2D eigenvalue weighted by Crippen LogP contribution is -2.61. The van der Waals surface area contributed by atoms with E-state index >= 15 is 0 Å². The first-order chi connectivity index (χ1) is 11.8. The molecule has 144 valence electrons. The van der Waals surface area contributed by atoms with Crippen molar-refractivity contribution < 1.29 is 23.1 Å². The second-order valence-electron chi connectivity index (χ2n) is 7.50. The van der Waals surface area contributed by atoms with Crippen molar-refractivity contribution in [3.63, 3.8) is 0 Å². The van der Waals surface area contributed by atoms with E-state index in [1.54, 1.807) is 0 Å². The number of carbonyl (C=O) groups is 1. The van der Waals surface area contributed by atoms with Gasteiger partial charge in [-0.25, -0.2) is 8.42 Å². The van der Waals surface area contributed by atoms with Gasteiger partial charge in [0.05, 0.1) is 36.9 Å². The van der Waals surface area contributed by atoms with E-state index < -0.39 is 9.84 Å². The number of hydrogen-bond donors (Lipinski definition) is 1. The Morgan fingerprint density at radius 3 is 2.24 bits per heavy atom. The Kier molecular flexibility index (Phi) is 5.69. The van der Waals surface area contributed by atoms with Crippen molar-refractivity contribution in [3.05, 3.63) is 0 Å². The van der Waals surface area contributed by atoms with Crippen LogP contribution in [0.15, 0.2) is 0 Å². The third kappa shape index (κ3) is 4.33. The van der Waals surface area contributed by atoms with Crippen molar-refractivity contribution in [1.29, 1.82) is 0 Å². The first-order valence-corrected chi connectivity index (χ1v) is 10.8. The number of ether oxygens (including phenoxy) is 1. The molecule has 0 saturated carbocycles. The second kappa shape index (κ2) is 7.48. The van der Waals surface area contributed by atoms with Gasteiger partial charge in [0.15, 0.2) is 9.84 Å². The number of aliphatic hydroxyl groups is 1. The molecule has 1 N–H and O–H groups in total. The zero-order valence-electron chi connectivity index (χ0n) is 15.0. The minimum atomic E-state index is -3.10. The molecule has 0 aliphatic carbocycles. The largest absolute Gasteiger partial charge is 0.395 e. The van der Waals surface area contributed by atoms with Crippen molar-refractivity contribution >= 4 is 15.7 Å². The van der Waals surface area contributed by atoms with E-state index in [2.05, 4.69) is 4.90 Å². The van der Waals surface area contributed by atoms with Crippen molar-refractivity contribution in [2.24, 2.45) is 0 Å². The summed E-state index contributed by atoms with van der Waals surface area (Å²) in [6, 6.07) is -0.286. The monoisotopic (exact) mass is 375 g/mol. The molecule has 0 unspecified atom stereocenters. The SMILES string of the molecule is C[C@@H]1CN(C(=O)CN2CCN(CCO)[C@H]3CS(=O)(=O)C[C@H]32)C[C@H](C)O1. The summed E-state index contributed by atoms with van der Waals surface area (Å²) < 4.78 is 30.0. The van der Waals surface area contributed by atoms with Gasteiger partial charge >= 0.3 is 0 Å². The number of β-amino-alcohol motifs (C(OH)–C–C–N with tert-alkyl or cyclic N) is 1. The van der Waals surface area contributed by atoms with Crippen LogP contribution in [0.5, 0.6) is 0 Å². The summed E-state index contributed by atoms with van der Waals surface area (Å²) in [6.07, 6.45) is 0.0439. The molecule has 1 amide bonds. The second-order valence-corrected chi connectivity index (χ2v) is 9.65. The summed E-state index contributed by atoms with van der Waals surface area (Å²) in [4.78, 5) is 18.6. The quantitative estimate of drug-likeness (QED) is 0.633. The number of carbonyl (C=O) groups excluding carboxylic acids is 1. The molecule has 0 aromatic rings. The lowest BCUT2D eigenvalue weighted by molar-refractivity contribution is -0.145. The summed E-state index contributed by atoms with van der Waals surface area (Å²) in [5.41, 5.74) is 0. The van der Waals surface area contributed by atoms with E-state index in [9.17, 15) is 18.3 Å². The number of rotatable bonds is 4. The fourth-order valence-electron chi connectivity index (χ4n) is 4.35. The molecule has 3 saturated heterocycles. The molecule has 3 heterocycles. The van der Waals surface area contributed by atoms with Gasteiger partial charge in [0.2, 0.25) is 5.91 Å². The van der Waals surface area contributed by atoms with E-state index in [1.165, 1.54) is 0 Å². The highest BCUT2D eigenvalue weighted by molar-refractivity contribution is 7.91. The summed E-state index contributed by atoms with van der Waals surface area (Å²) in [6.45, 7) is 7.18.